The number of hydrogen-bond acceptors (Lipinski definition) is 6. The van der Waals surface area contributed by atoms with Crippen molar-refractivity contribution in [2.75, 3.05) is 18.2 Å². The van der Waals surface area contributed by atoms with Crippen LogP contribution in [-0.4, -0.2) is 28.3 Å². The zero-order chi connectivity index (χ0) is 24.2. The van der Waals surface area contributed by atoms with Gasteiger partial charge in [0.05, 0.1) is 23.9 Å². The van der Waals surface area contributed by atoms with Gasteiger partial charge in [0, 0.05) is 16.6 Å². The first kappa shape index (κ1) is 24.0. The second kappa shape index (κ2) is 10.4. The highest BCUT2D eigenvalue weighted by molar-refractivity contribution is 7.99. The Morgan fingerprint density at radius 3 is 2.71 bits per heavy atom. The molecule has 4 rings (SSSR count). The molecule has 8 heteroatoms. The summed E-state index contributed by atoms with van der Waals surface area (Å²) in [6, 6.07) is 15.0. The van der Waals surface area contributed by atoms with Gasteiger partial charge in [-0.1, -0.05) is 43.3 Å². The van der Waals surface area contributed by atoms with Crippen LogP contribution >= 0.6 is 23.1 Å². The number of fused-ring (bicyclic) bond motifs is 1. The minimum absolute atomic E-state index is 0.0950. The van der Waals surface area contributed by atoms with Crippen molar-refractivity contribution >= 4 is 44.9 Å². The highest BCUT2D eigenvalue weighted by atomic mass is 32.2. The summed E-state index contributed by atoms with van der Waals surface area (Å²) in [6.45, 7) is 6.12. The molecule has 2 aromatic carbocycles. The largest absolute Gasteiger partial charge is 0.497 e. The van der Waals surface area contributed by atoms with Gasteiger partial charge in [0.2, 0.25) is 5.91 Å². The highest BCUT2D eigenvalue weighted by Gasteiger charge is 2.20. The first-order valence-corrected chi connectivity index (χ1v) is 12.9. The number of aromatic nitrogens is 2. The number of amides is 1. The van der Waals surface area contributed by atoms with Gasteiger partial charge < -0.3 is 10.1 Å². The summed E-state index contributed by atoms with van der Waals surface area (Å²) < 4.78 is 6.85. The summed E-state index contributed by atoms with van der Waals surface area (Å²) in [5.74, 6) is 0.604. The van der Waals surface area contributed by atoms with Gasteiger partial charge in [0.15, 0.2) is 5.16 Å². The van der Waals surface area contributed by atoms with E-state index in [0.29, 0.717) is 22.0 Å². The fourth-order valence-electron chi connectivity index (χ4n) is 3.80. The van der Waals surface area contributed by atoms with Crippen LogP contribution in [0.5, 0.6) is 5.75 Å². The SMILES string of the molecule is CCCc1sc2nc(SCC(=O)Nc3cccc(OC)c3)n(-c3cccc(C)c3)c(=O)c2c1C. The van der Waals surface area contributed by atoms with Gasteiger partial charge in [-0.05, 0) is 55.7 Å². The minimum Gasteiger partial charge on any atom is -0.497 e. The first-order chi connectivity index (χ1) is 16.4. The second-order valence-electron chi connectivity index (χ2n) is 8.02. The normalized spacial score (nSPS) is 11.1. The molecule has 6 nitrogen and oxygen atoms in total. The number of thioether (sulfide) groups is 1. The molecule has 34 heavy (non-hydrogen) atoms. The first-order valence-electron chi connectivity index (χ1n) is 11.1. The van der Waals surface area contributed by atoms with Gasteiger partial charge in [-0.2, -0.15) is 0 Å². The standard InChI is InChI=1S/C26H27N3O3S2/c1-5-8-21-17(3)23-24(34-21)28-26(29(25(23)31)19-11-6-9-16(2)13-19)33-15-22(30)27-18-10-7-12-20(14-18)32-4/h6-7,9-14H,5,8,15H2,1-4H3,(H,27,30). The molecule has 1 amide bonds. The molecule has 2 aromatic heterocycles. The molecule has 4 aromatic rings. The number of rotatable bonds is 8. The number of carbonyl (C=O) groups is 1. The number of aryl methyl sites for hydroxylation is 3. The van der Waals surface area contributed by atoms with Crippen molar-refractivity contribution in [3.05, 3.63) is 74.9 Å². The van der Waals surface area contributed by atoms with E-state index in [2.05, 4.69) is 12.2 Å². The van der Waals surface area contributed by atoms with Gasteiger partial charge in [-0.15, -0.1) is 11.3 Å². The van der Waals surface area contributed by atoms with Crippen LogP contribution in [0.3, 0.4) is 0 Å². The lowest BCUT2D eigenvalue weighted by molar-refractivity contribution is -0.113. The number of anilines is 1. The van der Waals surface area contributed by atoms with Crippen LogP contribution in [-0.2, 0) is 11.2 Å². The summed E-state index contributed by atoms with van der Waals surface area (Å²) in [6.07, 6.45) is 1.92. The van der Waals surface area contributed by atoms with Gasteiger partial charge in [-0.3, -0.25) is 14.2 Å². The van der Waals surface area contributed by atoms with E-state index >= 15 is 0 Å². The molecule has 0 unspecified atom stereocenters. The Bertz CT molecular complexity index is 1410. The third kappa shape index (κ3) is 5.03. The number of nitrogens with one attached hydrogen (secondary N) is 1. The zero-order valence-corrected chi connectivity index (χ0v) is 21.3. The van der Waals surface area contributed by atoms with E-state index < -0.39 is 0 Å². The summed E-state index contributed by atoms with van der Waals surface area (Å²) in [5.41, 5.74) is 3.36. The lowest BCUT2D eigenvalue weighted by Crippen LogP contribution is -2.23. The molecule has 0 spiro atoms. The molecule has 2 heterocycles. The Kier molecular flexibility index (Phi) is 7.38. The zero-order valence-electron chi connectivity index (χ0n) is 19.7. The van der Waals surface area contributed by atoms with Crippen molar-refractivity contribution in [1.82, 2.24) is 9.55 Å². The number of hydrogen-bond donors (Lipinski definition) is 1. The lowest BCUT2D eigenvalue weighted by Gasteiger charge is -2.13. The number of methoxy groups -OCH3 is 1. The van der Waals surface area contributed by atoms with Crippen LogP contribution in [0.25, 0.3) is 15.9 Å². The van der Waals surface area contributed by atoms with E-state index in [1.165, 1.54) is 16.6 Å². The summed E-state index contributed by atoms with van der Waals surface area (Å²) >= 11 is 2.83. The van der Waals surface area contributed by atoms with Crippen molar-refractivity contribution in [3.63, 3.8) is 0 Å². The van der Waals surface area contributed by atoms with Crippen LogP contribution in [0.15, 0.2) is 58.5 Å². The molecule has 176 valence electrons. The molecule has 0 aliphatic carbocycles. The third-order valence-corrected chi connectivity index (χ3v) is 7.64. The number of benzene rings is 2. The molecule has 0 bridgehead atoms. The maximum Gasteiger partial charge on any atom is 0.267 e. The Balaban J connectivity index is 1.70. The average molecular weight is 494 g/mol. The van der Waals surface area contributed by atoms with Crippen LogP contribution in [0, 0.1) is 13.8 Å². The van der Waals surface area contributed by atoms with Crippen LogP contribution in [0.1, 0.15) is 29.3 Å². The molecule has 0 atom stereocenters. The van der Waals surface area contributed by atoms with Crippen molar-refractivity contribution in [3.8, 4) is 11.4 Å². The van der Waals surface area contributed by atoms with E-state index in [-0.39, 0.29) is 17.2 Å². The van der Waals surface area contributed by atoms with Crippen molar-refractivity contribution in [2.45, 2.75) is 38.8 Å². The van der Waals surface area contributed by atoms with Crippen molar-refractivity contribution < 1.29 is 9.53 Å². The van der Waals surface area contributed by atoms with E-state index in [0.717, 1.165) is 34.5 Å². The Morgan fingerprint density at radius 1 is 1.18 bits per heavy atom. The Morgan fingerprint density at radius 2 is 1.97 bits per heavy atom. The predicted molar refractivity (Wildman–Crippen MR) is 141 cm³/mol. The molecule has 0 saturated carbocycles. The molecule has 0 aliphatic rings. The smallest absolute Gasteiger partial charge is 0.267 e. The van der Waals surface area contributed by atoms with E-state index in [1.54, 1.807) is 29.1 Å². The topological polar surface area (TPSA) is 73.2 Å². The highest BCUT2D eigenvalue weighted by Crippen LogP contribution is 2.31. The van der Waals surface area contributed by atoms with Crippen LogP contribution < -0.4 is 15.6 Å². The molecule has 0 radical (unpaired) electrons. The Hall–Kier alpha value is -3.10. The van der Waals surface area contributed by atoms with Crippen LogP contribution in [0.4, 0.5) is 5.69 Å². The molecule has 0 aliphatic heterocycles. The molecule has 1 N–H and O–H groups in total. The molecule has 0 saturated heterocycles. The molecule has 0 fully saturated rings. The number of thiophene rings is 1. The third-order valence-electron chi connectivity index (χ3n) is 5.46. The maximum absolute atomic E-state index is 13.7. The fraction of sp³-hybridized carbons (Fsp3) is 0.269. The van der Waals surface area contributed by atoms with Crippen molar-refractivity contribution in [2.24, 2.45) is 0 Å². The number of nitrogens with zero attached hydrogens (tertiary/aromatic N) is 2. The van der Waals surface area contributed by atoms with Gasteiger partial charge in [0.1, 0.15) is 10.6 Å². The van der Waals surface area contributed by atoms with Crippen molar-refractivity contribution in [1.29, 1.82) is 0 Å². The monoisotopic (exact) mass is 493 g/mol. The number of ether oxygens (including phenoxy) is 1. The average Bonchev–Trinajstić information content (AvgIpc) is 3.13. The second-order valence-corrected chi connectivity index (χ2v) is 10.0. The quantitative estimate of drug-likeness (QED) is 0.250. The summed E-state index contributed by atoms with van der Waals surface area (Å²) in [7, 11) is 1.58. The van der Waals surface area contributed by atoms with E-state index in [9.17, 15) is 9.59 Å². The van der Waals surface area contributed by atoms with Gasteiger partial charge >= 0.3 is 0 Å². The van der Waals surface area contributed by atoms with E-state index in [1.807, 2.05) is 56.3 Å². The molecular weight excluding hydrogens is 466 g/mol. The summed E-state index contributed by atoms with van der Waals surface area (Å²) in [4.78, 5) is 33.2. The fourth-order valence-corrected chi connectivity index (χ4v) is 5.93. The number of carbonyl (C=O) groups excluding carboxylic acids is 1. The van der Waals surface area contributed by atoms with Crippen LogP contribution in [0.2, 0.25) is 0 Å². The molecular formula is C26H27N3O3S2. The minimum atomic E-state index is -0.183. The lowest BCUT2D eigenvalue weighted by atomic mass is 10.1. The summed E-state index contributed by atoms with van der Waals surface area (Å²) in [5, 5.41) is 4.06. The van der Waals surface area contributed by atoms with Gasteiger partial charge in [-0.25, -0.2) is 4.98 Å². The van der Waals surface area contributed by atoms with E-state index in [4.69, 9.17) is 9.72 Å². The van der Waals surface area contributed by atoms with Gasteiger partial charge in [0.25, 0.3) is 5.56 Å². The Labute approximate surface area is 207 Å². The maximum atomic E-state index is 13.7. The predicted octanol–water partition coefficient (Wildman–Crippen LogP) is 5.76.